The van der Waals surface area contributed by atoms with Crippen LogP contribution in [0.1, 0.15) is 33.8 Å². The number of anilines is 1. The number of hydrogen-bond acceptors (Lipinski definition) is 2. The van der Waals surface area contributed by atoms with Crippen molar-refractivity contribution >= 4 is 11.6 Å². The summed E-state index contributed by atoms with van der Waals surface area (Å²) in [6.07, 6.45) is 2.22. The highest BCUT2D eigenvalue weighted by Gasteiger charge is 2.39. The van der Waals surface area contributed by atoms with Crippen LogP contribution in [0.25, 0.3) is 0 Å². The van der Waals surface area contributed by atoms with Crippen LogP contribution in [-0.2, 0) is 6.42 Å². The van der Waals surface area contributed by atoms with Crippen molar-refractivity contribution in [1.82, 2.24) is 4.90 Å². The highest BCUT2D eigenvalue weighted by atomic mass is 16.2. The van der Waals surface area contributed by atoms with Gasteiger partial charge in [-0.05, 0) is 56.3 Å². The Bertz CT molecular complexity index is 739. The minimum Gasteiger partial charge on any atom is -0.307 e. The first-order valence-corrected chi connectivity index (χ1v) is 8.30. The summed E-state index contributed by atoms with van der Waals surface area (Å²) in [5, 5.41) is 0. The second kappa shape index (κ2) is 5.50. The summed E-state index contributed by atoms with van der Waals surface area (Å²) < 4.78 is 0. The molecule has 0 unspecified atom stereocenters. The largest absolute Gasteiger partial charge is 0.307 e. The van der Waals surface area contributed by atoms with E-state index in [-0.39, 0.29) is 5.91 Å². The Hall–Kier alpha value is -2.13. The fraction of sp³-hybridized carbons (Fsp3) is 0.350. The van der Waals surface area contributed by atoms with E-state index in [0.29, 0.717) is 12.0 Å². The van der Waals surface area contributed by atoms with Crippen LogP contribution >= 0.6 is 0 Å². The Labute approximate surface area is 137 Å². The molecule has 0 N–H and O–H groups in total. The lowest BCUT2D eigenvalue weighted by Crippen LogP contribution is -2.36. The summed E-state index contributed by atoms with van der Waals surface area (Å²) in [5.41, 5.74) is 4.72. The monoisotopic (exact) mass is 306 g/mol. The molecule has 0 bridgehead atoms. The van der Waals surface area contributed by atoms with Crippen molar-refractivity contribution in [2.24, 2.45) is 0 Å². The number of carbonyl (C=O) groups is 1. The predicted octanol–water partition coefficient (Wildman–Crippen LogP) is 3.31. The van der Waals surface area contributed by atoms with E-state index in [0.717, 1.165) is 30.6 Å². The van der Waals surface area contributed by atoms with Crippen LogP contribution in [-0.4, -0.2) is 37.5 Å². The van der Waals surface area contributed by atoms with Gasteiger partial charge in [-0.25, -0.2) is 0 Å². The summed E-state index contributed by atoms with van der Waals surface area (Å²) in [4.78, 5) is 17.2. The molecule has 0 spiro atoms. The number of nitrogens with zero attached hydrogens (tertiary/aromatic N) is 2. The van der Waals surface area contributed by atoms with Gasteiger partial charge >= 0.3 is 0 Å². The molecular weight excluding hydrogens is 284 g/mol. The maximum absolute atomic E-state index is 12.9. The molecule has 3 heteroatoms. The van der Waals surface area contributed by atoms with Crippen LogP contribution in [0.4, 0.5) is 5.69 Å². The molecular formula is C20H22N2O. The molecule has 2 aliphatic rings. The Morgan fingerprint density at radius 2 is 1.87 bits per heavy atom. The van der Waals surface area contributed by atoms with Crippen LogP contribution in [0.2, 0.25) is 0 Å². The maximum atomic E-state index is 12.9. The Kier molecular flexibility index (Phi) is 3.46. The number of likely N-dealkylation sites (N-methyl/N-ethyl adjacent to an activating group) is 1. The van der Waals surface area contributed by atoms with Gasteiger partial charge in [0.15, 0.2) is 0 Å². The zero-order valence-electron chi connectivity index (χ0n) is 13.7. The van der Waals surface area contributed by atoms with Crippen LogP contribution in [0.5, 0.6) is 0 Å². The lowest BCUT2D eigenvalue weighted by molar-refractivity contribution is 0.0987. The normalized spacial score (nSPS) is 22.3. The fourth-order valence-corrected chi connectivity index (χ4v) is 4.07. The summed E-state index contributed by atoms with van der Waals surface area (Å²) in [7, 11) is 4.31. The molecule has 0 radical (unpaired) electrons. The van der Waals surface area contributed by atoms with Gasteiger partial charge in [0, 0.05) is 29.8 Å². The van der Waals surface area contributed by atoms with Crippen molar-refractivity contribution in [3.05, 3.63) is 65.2 Å². The molecule has 1 heterocycles. The Morgan fingerprint density at radius 1 is 1.09 bits per heavy atom. The topological polar surface area (TPSA) is 23.6 Å². The molecule has 1 aliphatic carbocycles. The molecule has 0 saturated heterocycles. The van der Waals surface area contributed by atoms with Crippen LogP contribution in [0.3, 0.4) is 0 Å². The first-order valence-electron chi connectivity index (χ1n) is 8.30. The van der Waals surface area contributed by atoms with Crippen molar-refractivity contribution in [3.8, 4) is 0 Å². The zero-order valence-corrected chi connectivity index (χ0v) is 13.7. The molecule has 2 aromatic carbocycles. The van der Waals surface area contributed by atoms with Crippen molar-refractivity contribution in [1.29, 1.82) is 0 Å². The van der Waals surface area contributed by atoms with Gasteiger partial charge in [0.2, 0.25) is 0 Å². The molecule has 4 rings (SSSR count). The third-order valence-electron chi connectivity index (χ3n) is 5.28. The summed E-state index contributed by atoms with van der Waals surface area (Å²) in [6, 6.07) is 16.6. The van der Waals surface area contributed by atoms with Crippen molar-refractivity contribution in [3.63, 3.8) is 0 Å². The number of hydrogen-bond donors (Lipinski definition) is 0. The number of rotatable bonds is 2. The molecule has 0 fully saturated rings. The minimum absolute atomic E-state index is 0.120. The molecule has 2 aromatic rings. The highest BCUT2D eigenvalue weighted by Crippen LogP contribution is 2.45. The van der Waals surface area contributed by atoms with Gasteiger partial charge < -0.3 is 9.80 Å². The third-order valence-corrected chi connectivity index (χ3v) is 5.28. The van der Waals surface area contributed by atoms with Crippen LogP contribution < -0.4 is 4.90 Å². The molecule has 0 aromatic heterocycles. The van der Waals surface area contributed by atoms with Gasteiger partial charge in [0.05, 0.1) is 0 Å². The molecule has 1 aliphatic heterocycles. The van der Waals surface area contributed by atoms with E-state index in [1.54, 1.807) is 0 Å². The van der Waals surface area contributed by atoms with Crippen molar-refractivity contribution < 1.29 is 4.79 Å². The second-order valence-corrected chi connectivity index (χ2v) is 6.89. The zero-order chi connectivity index (χ0) is 16.0. The lowest BCUT2D eigenvalue weighted by Gasteiger charge is -2.32. The summed E-state index contributed by atoms with van der Waals surface area (Å²) in [5.74, 6) is 0.588. The van der Waals surface area contributed by atoms with E-state index >= 15 is 0 Å². The summed E-state index contributed by atoms with van der Waals surface area (Å²) >= 11 is 0. The average molecular weight is 306 g/mol. The first-order chi connectivity index (χ1) is 11.1. The molecule has 2 atom stereocenters. The van der Waals surface area contributed by atoms with E-state index in [1.165, 1.54) is 11.1 Å². The van der Waals surface area contributed by atoms with E-state index in [9.17, 15) is 4.79 Å². The highest BCUT2D eigenvalue weighted by molar-refractivity contribution is 6.07. The van der Waals surface area contributed by atoms with E-state index < -0.39 is 0 Å². The molecule has 0 saturated carbocycles. The SMILES string of the molecule is CN(C)[C@@H]1Cc2cccc3c2[C@@H](C1)CN3C(=O)c1ccccc1. The van der Waals surface area contributed by atoms with E-state index in [4.69, 9.17) is 0 Å². The maximum Gasteiger partial charge on any atom is 0.258 e. The smallest absolute Gasteiger partial charge is 0.258 e. The second-order valence-electron chi connectivity index (χ2n) is 6.89. The van der Waals surface area contributed by atoms with Crippen LogP contribution in [0, 0.1) is 0 Å². The van der Waals surface area contributed by atoms with Crippen molar-refractivity contribution in [2.75, 3.05) is 25.5 Å². The van der Waals surface area contributed by atoms with Gasteiger partial charge in [0.25, 0.3) is 5.91 Å². The van der Waals surface area contributed by atoms with Gasteiger partial charge in [-0.3, -0.25) is 4.79 Å². The van der Waals surface area contributed by atoms with Gasteiger partial charge in [-0.2, -0.15) is 0 Å². The fourth-order valence-electron chi connectivity index (χ4n) is 4.07. The van der Waals surface area contributed by atoms with Crippen LogP contribution in [0.15, 0.2) is 48.5 Å². The quantitative estimate of drug-likeness (QED) is 0.850. The number of carbonyl (C=O) groups excluding carboxylic acids is 1. The molecule has 3 nitrogen and oxygen atoms in total. The van der Waals surface area contributed by atoms with Gasteiger partial charge in [0.1, 0.15) is 0 Å². The van der Waals surface area contributed by atoms with Gasteiger partial charge in [-0.15, -0.1) is 0 Å². The standard InChI is InChI=1S/C20H22N2O/c1-21(2)17-11-15-9-6-10-18-19(15)16(12-17)13-22(18)20(23)14-7-4-3-5-8-14/h3-10,16-17H,11-13H2,1-2H3/t16-,17+/m0/s1. The molecule has 118 valence electrons. The summed E-state index contributed by atoms with van der Waals surface area (Å²) in [6.45, 7) is 0.810. The van der Waals surface area contributed by atoms with Crippen molar-refractivity contribution in [2.45, 2.75) is 24.8 Å². The van der Waals surface area contributed by atoms with E-state index in [2.05, 4.69) is 37.2 Å². The third kappa shape index (κ3) is 2.36. The first kappa shape index (κ1) is 14.5. The minimum atomic E-state index is 0.120. The predicted molar refractivity (Wildman–Crippen MR) is 93.1 cm³/mol. The number of benzene rings is 2. The lowest BCUT2D eigenvalue weighted by atomic mass is 9.81. The Morgan fingerprint density at radius 3 is 2.61 bits per heavy atom. The van der Waals surface area contributed by atoms with E-state index in [1.807, 2.05) is 35.2 Å². The number of amides is 1. The Balaban J connectivity index is 1.71. The molecule has 23 heavy (non-hydrogen) atoms. The molecule has 1 amide bonds. The average Bonchev–Trinajstić information content (AvgIpc) is 2.95. The van der Waals surface area contributed by atoms with Gasteiger partial charge in [-0.1, -0.05) is 30.3 Å².